The van der Waals surface area contributed by atoms with Crippen LogP contribution in [-0.4, -0.2) is 56.4 Å². The van der Waals surface area contributed by atoms with Crippen molar-refractivity contribution < 1.29 is 17.7 Å². The highest BCUT2D eigenvalue weighted by atomic mass is 32.2. The molecule has 7 heteroatoms. The Balaban J connectivity index is 0.000000298. The minimum absolute atomic E-state index is 0.0676. The quantitative estimate of drug-likeness (QED) is 0.807. The van der Waals surface area contributed by atoms with E-state index in [0.29, 0.717) is 13.2 Å². The molecule has 0 unspecified atom stereocenters. The number of fused-ring (bicyclic) bond motifs is 2. The predicted octanol–water partition coefficient (Wildman–Crippen LogP) is 3.44. The maximum atomic E-state index is 11.3. The van der Waals surface area contributed by atoms with Crippen LogP contribution in [-0.2, 0) is 20.3 Å². The van der Waals surface area contributed by atoms with E-state index in [1.54, 1.807) is 12.1 Å². The van der Waals surface area contributed by atoms with Crippen molar-refractivity contribution in [2.45, 2.75) is 50.8 Å². The van der Waals surface area contributed by atoms with E-state index in [4.69, 9.17) is 4.74 Å². The second-order valence-corrected chi connectivity index (χ2v) is 8.09. The molecule has 6 nitrogen and oxygen atoms in total. The normalized spacial score (nSPS) is 18.3. The number of ether oxygens (including phenoxy) is 1. The number of nitrogens with zero attached hydrogens (tertiary/aromatic N) is 2. The summed E-state index contributed by atoms with van der Waals surface area (Å²) in [5.41, 5.74) is 2.46. The van der Waals surface area contributed by atoms with Crippen LogP contribution in [0.4, 0.5) is 5.69 Å². The Bertz CT molecular complexity index is 743. The van der Waals surface area contributed by atoms with Crippen LogP contribution in [0.2, 0.25) is 0 Å². The molecule has 1 saturated heterocycles. The van der Waals surface area contributed by atoms with Gasteiger partial charge in [0.05, 0.1) is 10.6 Å². The van der Waals surface area contributed by atoms with Gasteiger partial charge in [0, 0.05) is 24.3 Å². The van der Waals surface area contributed by atoms with Crippen molar-refractivity contribution in [1.82, 2.24) is 4.90 Å². The first-order chi connectivity index (χ1) is 12.3. The van der Waals surface area contributed by atoms with Gasteiger partial charge < -0.3 is 9.64 Å². The number of rotatable bonds is 4. The molecule has 0 atom stereocenters. The highest BCUT2D eigenvalue weighted by Gasteiger charge is 2.42. The molecule has 2 aliphatic rings. The van der Waals surface area contributed by atoms with Crippen molar-refractivity contribution >= 4 is 21.5 Å². The van der Waals surface area contributed by atoms with Crippen LogP contribution in [0.15, 0.2) is 28.1 Å². The summed E-state index contributed by atoms with van der Waals surface area (Å²) in [5, 5.41) is 0. The van der Waals surface area contributed by atoms with Gasteiger partial charge in [0.1, 0.15) is 0 Å². The zero-order valence-corrected chi connectivity index (χ0v) is 17.0. The lowest BCUT2D eigenvalue weighted by Gasteiger charge is -2.34. The van der Waals surface area contributed by atoms with Gasteiger partial charge in [0.25, 0.3) is 10.1 Å². The van der Waals surface area contributed by atoms with Gasteiger partial charge in [-0.1, -0.05) is 20.8 Å². The lowest BCUT2D eigenvalue weighted by molar-refractivity contribution is 0.0716. The summed E-state index contributed by atoms with van der Waals surface area (Å²) in [6.07, 6.45) is 1.59. The van der Waals surface area contributed by atoms with Crippen LogP contribution >= 0.6 is 0 Å². The van der Waals surface area contributed by atoms with Gasteiger partial charge in [-0.25, -0.2) is 0 Å². The Kier molecular flexibility index (Phi) is 6.96. The van der Waals surface area contributed by atoms with Gasteiger partial charge in [0.15, 0.2) is 0 Å². The first-order valence-electron chi connectivity index (χ1n) is 9.26. The Hall–Kier alpha value is -1.28. The van der Waals surface area contributed by atoms with Gasteiger partial charge in [-0.3, -0.25) is 9.55 Å². The topological polar surface area (TPSA) is 79.2 Å². The molecule has 1 fully saturated rings. The molecule has 0 aromatic heterocycles. The zero-order chi connectivity index (χ0) is 19.4. The average Bonchev–Trinajstić information content (AvgIpc) is 2.88. The number of hydrogen-bond donors (Lipinski definition) is 1. The van der Waals surface area contributed by atoms with Gasteiger partial charge >= 0.3 is 0 Å². The molecule has 0 bridgehead atoms. The monoisotopic (exact) mass is 382 g/mol. The summed E-state index contributed by atoms with van der Waals surface area (Å²) in [4.78, 5) is 6.84. The summed E-state index contributed by atoms with van der Waals surface area (Å²) in [7, 11) is -4.18. The van der Waals surface area contributed by atoms with Crippen molar-refractivity contribution in [2.75, 3.05) is 32.8 Å². The third kappa shape index (κ3) is 4.34. The van der Waals surface area contributed by atoms with Gasteiger partial charge in [0.2, 0.25) is 0 Å². The molecule has 146 valence electrons. The number of hydrogen-bond acceptors (Lipinski definition) is 5. The van der Waals surface area contributed by atoms with Gasteiger partial charge in [-0.2, -0.15) is 8.42 Å². The second-order valence-electron chi connectivity index (χ2n) is 6.67. The molecule has 2 heterocycles. The van der Waals surface area contributed by atoms with Crippen LogP contribution in [0.5, 0.6) is 0 Å². The smallest absolute Gasteiger partial charge is 0.294 e. The summed E-state index contributed by atoms with van der Waals surface area (Å²) in [5.74, 6) is 0. The summed E-state index contributed by atoms with van der Waals surface area (Å²) < 4.78 is 37.1. The van der Waals surface area contributed by atoms with Crippen LogP contribution in [0.1, 0.15) is 46.1 Å². The van der Waals surface area contributed by atoms with E-state index in [-0.39, 0.29) is 10.3 Å². The van der Waals surface area contributed by atoms with Crippen molar-refractivity contribution in [3.8, 4) is 0 Å². The fourth-order valence-corrected chi connectivity index (χ4v) is 4.17. The Labute approximate surface area is 157 Å². The van der Waals surface area contributed by atoms with Crippen LogP contribution < -0.4 is 0 Å². The van der Waals surface area contributed by atoms with E-state index in [0.717, 1.165) is 29.8 Å². The van der Waals surface area contributed by atoms with E-state index in [9.17, 15) is 13.0 Å². The lowest BCUT2D eigenvalue weighted by Crippen LogP contribution is -2.38. The highest BCUT2D eigenvalue weighted by Crippen LogP contribution is 2.47. The van der Waals surface area contributed by atoms with Crippen molar-refractivity contribution in [3.05, 3.63) is 23.8 Å². The fraction of sp³-hybridized carbons (Fsp3) is 0.632. The predicted molar refractivity (Wildman–Crippen MR) is 104 cm³/mol. The third-order valence-corrected chi connectivity index (χ3v) is 6.30. The molecule has 1 N–H and O–H groups in total. The maximum Gasteiger partial charge on any atom is 0.294 e. The van der Waals surface area contributed by atoms with Crippen LogP contribution in [0.3, 0.4) is 0 Å². The molecule has 26 heavy (non-hydrogen) atoms. The zero-order valence-electron chi connectivity index (χ0n) is 16.2. The van der Waals surface area contributed by atoms with E-state index >= 15 is 0 Å². The van der Waals surface area contributed by atoms with Crippen LogP contribution in [0.25, 0.3) is 0 Å². The molecule has 1 aromatic carbocycles. The van der Waals surface area contributed by atoms with E-state index in [2.05, 4.69) is 30.7 Å². The Morgan fingerprint density at radius 3 is 2.19 bits per heavy atom. The Morgan fingerprint density at radius 2 is 1.73 bits per heavy atom. The molecule has 0 aliphatic carbocycles. The molecule has 1 spiro atoms. The van der Waals surface area contributed by atoms with Crippen molar-refractivity contribution in [3.63, 3.8) is 0 Å². The summed E-state index contributed by atoms with van der Waals surface area (Å²) in [6.45, 7) is 13.4. The third-order valence-electron chi connectivity index (χ3n) is 5.45. The Morgan fingerprint density at radius 1 is 1.15 bits per heavy atom. The number of aliphatic imine (C=N–C) groups is 1. The molecule has 0 saturated carbocycles. The molecule has 0 amide bonds. The first kappa shape index (κ1) is 21.0. The minimum Gasteiger partial charge on any atom is -0.381 e. The molecule has 3 rings (SSSR count). The highest BCUT2D eigenvalue weighted by molar-refractivity contribution is 7.85. The van der Waals surface area contributed by atoms with Crippen molar-refractivity contribution in [1.29, 1.82) is 0 Å². The molecular formula is C19H30N2O4S. The standard InChI is InChI=1S/C13H15NO4S.C6H15N/c1-9-13(4-6-18-7-5-13)11-8-10(19(15,16)17)2-3-12(11)14-9;1-4-7(5-2)6-3/h2-3,8H,4-7H2,1H3,(H,15,16,17);4-6H2,1-3H3. The summed E-state index contributed by atoms with van der Waals surface area (Å²) >= 11 is 0. The minimum atomic E-state index is -4.18. The summed E-state index contributed by atoms with van der Waals surface area (Å²) in [6, 6.07) is 4.60. The SMILES string of the molecule is CC1=Nc2ccc(S(=O)(=O)O)cc2C12CCOCC2.CCN(CC)CC. The van der Waals surface area contributed by atoms with Crippen molar-refractivity contribution in [2.24, 2.45) is 4.99 Å². The molecular weight excluding hydrogens is 352 g/mol. The number of benzene rings is 1. The average molecular weight is 383 g/mol. The second kappa shape index (κ2) is 8.61. The van der Waals surface area contributed by atoms with Gasteiger partial charge in [-0.15, -0.1) is 0 Å². The largest absolute Gasteiger partial charge is 0.381 e. The fourth-order valence-electron chi connectivity index (χ4n) is 3.66. The molecule has 2 aliphatic heterocycles. The van der Waals surface area contributed by atoms with E-state index in [1.807, 2.05) is 6.92 Å². The molecule has 0 radical (unpaired) electrons. The molecule has 1 aromatic rings. The van der Waals surface area contributed by atoms with Crippen LogP contribution in [0, 0.1) is 0 Å². The maximum absolute atomic E-state index is 11.3. The van der Waals surface area contributed by atoms with E-state index < -0.39 is 10.1 Å². The first-order valence-corrected chi connectivity index (χ1v) is 10.7. The van der Waals surface area contributed by atoms with Gasteiger partial charge in [-0.05, 0) is 63.2 Å². The lowest BCUT2D eigenvalue weighted by atomic mass is 9.72. The van der Waals surface area contributed by atoms with E-state index in [1.165, 1.54) is 25.7 Å².